The number of rotatable bonds is 3. The molecule has 0 bridgehead atoms. The summed E-state index contributed by atoms with van der Waals surface area (Å²) in [6.45, 7) is 6.93. The van der Waals surface area contributed by atoms with Crippen molar-refractivity contribution in [2.45, 2.75) is 32.7 Å². The first kappa shape index (κ1) is 16.1. The molecule has 1 aromatic rings. The highest BCUT2D eigenvalue weighted by molar-refractivity contribution is 5.92. The molecule has 2 fully saturated rings. The largest absolute Gasteiger partial charge is 0.461 e. The van der Waals surface area contributed by atoms with Crippen molar-refractivity contribution in [1.82, 2.24) is 9.97 Å². The zero-order chi connectivity index (χ0) is 16.4. The third kappa shape index (κ3) is 3.03. The number of hydrogen-bond donors (Lipinski definition) is 1. The molecule has 1 spiro atoms. The first-order valence-corrected chi connectivity index (χ1v) is 8.15. The van der Waals surface area contributed by atoms with E-state index >= 15 is 0 Å². The van der Waals surface area contributed by atoms with E-state index in [4.69, 9.17) is 15.2 Å². The topological polar surface area (TPSA) is 90.6 Å². The first-order chi connectivity index (χ1) is 11.1. The van der Waals surface area contributed by atoms with Crippen molar-refractivity contribution in [3.8, 4) is 0 Å². The maximum Gasteiger partial charge on any atom is 0.360 e. The summed E-state index contributed by atoms with van der Waals surface area (Å²) in [7, 11) is 0. The summed E-state index contributed by atoms with van der Waals surface area (Å²) in [5.41, 5.74) is 7.37. The average Bonchev–Trinajstić information content (AvgIpc) is 2.89. The SMILES string of the molecule is CCOC(=O)c1ncc(C)nc1N1CCC2(CC1)COCC2N. The molecule has 3 heterocycles. The number of ether oxygens (including phenoxy) is 2. The van der Waals surface area contributed by atoms with Gasteiger partial charge in [0.25, 0.3) is 0 Å². The van der Waals surface area contributed by atoms with E-state index in [1.807, 2.05) is 6.92 Å². The zero-order valence-corrected chi connectivity index (χ0v) is 13.7. The average molecular weight is 320 g/mol. The van der Waals surface area contributed by atoms with Gasteiger partial charge in [-0.25, -0.2) is 14.8 Å². The minimum absolute atomic E-state index is 0.0673. The predicted molar refractivity (Wildman–Crippen MR) is 85.4 cm³/mol. The van der Waals surface area contributed by atoms with Gasteiger partial charge < -0.3 is 20.1 Å². The van der Waals surface area contributed by atoms with Crippen LogP contribution in [0.15, 0.2) is 6.20 Å². The van der Waals surface area contributed by atoms with Gasteiger partial charge in [0.15, 0.2) is 11.5 Å². The van der Waals surface area contributed by atoms with Gasteiger partial charge in [-0.3, -0.25) is 0 Å². The molecule has 7 nitrogen and oxygen atoms in total. The molecule has 1 unspecified atom stereocenters. The first-order valence-electron chi connectivity index (χ1n) is 8.15. The van der Waals surface area contributed by atoms with Crippen molar-refractivity contribution in [1.29, 1.82) is 0 Å². The molecule has 7 heteroatoms. The fourth-order valence-electron chi connectivity index (χ4n) is 3.38. The molecule has 0 radical (unpaired) electrons. The Morgan fingerprint density at radius 3 is 2.87 bits per heavy atom. The van der Waals surface area contributed by atoms with Crippen LogP contribution < -0.4 is 10.6 Å². The maximum atomic E-state index is 12.1. The number of aryl methyl sites for hydroxylation is 1. The van der Waals surface area contributed by atoms with Gasteiger partial charge in [-0.2, -0.15) is 0 Å². The van der Waals surface area contributed by atoms with E-state index in [2.05, 4.69) is 14.9 Å². The van der Waals surface area contributed by atoms with E-state index in [0.29, 0.717) is 24.7 Å². The lowest BCUT2D eigenvalue weighted by Gasteiger charge is -2.41. The second kappa shape index (κ2) is 6.41. The van der Waals surface area contributed by atoms with Crippen LogP contribution in [0.4, 0.5) is 5.82 Å². The van der Waals surface area contributed by atoms with Gasteiger partial charge in [0.1, 0.15) is 0 Å². The molecule has 1 atom stereocenters. The van der Waals surface area contributed by atoms with Crippen molar-refractivity contribution in [2.24, 2.45) is 11.1 Å². The quantitative estimate of drug-likeness (QED) is 0.828. The highest BCUT2D eigenvalue weighted by Crippen LogP contribution is 2.39. The second-order valence-electron chi connectivity index (χ2n) is 6.38. The Labute approximate surface area is 136 Å². The van der Waals surface area contributed by atoms with Crippen LogP contribution in [-0.4, -0.2) is 54.9 Å². The summed E-state index contributed by atoms with van der Waals surface area (Å²) in [5.74, 6) is 0.196. The lowest BCUT2D eigenvalue weighted by Crippen LogP contribution is -2.49. The molecule has 0 saturated carbocycles. The molecule has 0 aromatic carbocycles. The summed E-state index contributed by atoms with van der Waals surface area (Å²) in [4.78, 5) is 23.0. The Kier molecular flexibility index (Phi) is 4.50. The molecule has 2 aliphatic heterocycles. The van der Waals surface area contributed by atoms with Crippen LogP contribution >= 0.6 is 0 Å². The fourth-order valence-corrected chi connectivity index (χ4v) is 3.38. The van der Waals surface area contributed by atoms with Gasteiger partial charge >= 0.3 is 5.97 Å². The molecule has 0 aliphatic carbocycles. The summed E-state index contributed by atoms with van der Waals surface area (Å²) in [6, 6.07) is 0.0952. The number of nitrogens with two attached hydrogens (primary N) is 1. The smallest absolute Gasteiger partial charge is 0.360 e. The van der Waals surface area contributed by atoms with E-state index < -0.39 is 5.97 Å². The Balaban J connectivity index is 1.80. The van der Waals surface area contributed by atoms with Crippen LogP contribution in [0.3, 0.4) is 0 Å². The number of hydrogen-bond acceptors (Lipinski definition) is 7. The molecule has 23 heavy (non-hydrogen) atoms. The molecule has 1 aromatic heterocycles. The molecule has 2 saturated heterocycles. The third-order valence-electron chi connectivity index (χ3n) is 4.88. The van der Waals surface area contributed by atoms with Gasteiger partial charge in [-0.15, -0.1) is 0 Å². The fraction of sp³-hybridized carbons (Fsp3) is 0.688. The molecular formula is C16H24N4O3. The van der Waals surface area contributed by atoms with E-state index in [-0.39, 0.29) is 11.5 Å². The number of carbonyl (C=O) groups excluding carboxylic acids is 1. The normalized spacial score (nSPS) is 23.3. The third-order valence-corrected chi connectivity index (χ3v) is 4.88. The van der Waals surface area contributed by atoms with E-state index in [1.54, 1.807) is 13.1 Å². The van der Waals surface area contributed by atoms with Gasteiger partial charge in [-0.05, 0) is 26.7 Å². The monoisotopic (exact) mass is 320 g/mol. The maximum absolute atomic E-state index is 12.1. The Hall–Kier alpha value is -1.73. The van der Waals surface area contributed by atoms with E-state index in [1.165, 1.54) is 0 Å². The van der Waals surface area contributed by atoms with Crippen molar-refractivity contribution in [2.75, 3.05) is 37.8 Å². The zero-order valence-electron chi connectivity index (χ0n) is 13.7. The van der Waals surface area contributed by atoms with Crippen molar-refractivity contribution < 1.29 is 14.3 Å². The van der Waals surface area contributed by atoms with Gasteiger partial charge in [-0.1, -0.05) is 0 Å². The van der Waals surface area contributed by atoms with Crippen molar-refractivity contribution >= 4 is 11.8 Å². The molecule has 0 amide bonds. The van der Waals surface area contributed by atoms with Crippen LogP contribution in [0.5, 0.6) is 0 Å². The predicted octanol–water partition coefficient (Wildman–Crippen LogP) is 0.906. The van der Waals surface area contributed by atoms with Crippen LogP contribution in [-0.2, 0) is 9.47 Å². The molecule has 2 aliphatic rings. The molecule has 3 rings (SSSR count). The summed E-state index contributed by atoms with van der Waals surface area (Å²) in [5, 5.41) is 0. The van der Waals surface area contributed by atoms with Crippen LogP contribution in [0, 0.1) is 12.3 Å². The van der Waals surface area contributed by atoms with Crippen molar-refractivity contribution in [3.05, 3.63) is 17.6 Å². The second-order valence-corrected chi connectivity index (χ2v) is 6.38. The molecule has 2 N–H and O–H groups in total. The van der Waals surface area contributed by atoms with Crippen molar-refractivity contribution in [3.63, 3.8) is 0 Å². The standard InChI is InChI=1S/C16H24N4O3/c1-3-23-15(21)13-14(19-11(2)8-18-13)20-6-4-16(5-7-20)10-22-9-12(16)17/h8,12H,3-7,9-10,17H2,1-2H3. The highest BCUT2D eigenvalue weighted by atomic mass is 16.5. The minimum atomic E-state index is -0.420. The van der Waals surface area contributed by atoms with Crippen LogP contribution in [0.2, 0.25) is 0 Å². The van der Waals surface area contributed by atoms with Crippen LogP contribution in [0.1, 0.15) is 35.9 Å². The van der Waals surface area contributed by atoms with Gasteiger partial charge in [0.2, 0.25) is 0 Å². The summed E-state index contributed by atoms with van der Waals surface area (Å²) < 4.78 is 10.7. The van der Waals surface area contributed by atoms with Gasteiger partial charge in [0.05, 0.1) is 25.5 Å². The lowest BCUT2D eigenvalue weighted by atomic mass is 9.75. The molecular weight excluding hydrogens is 296 g/mol. The number of esters is 1. The number of carbonyl (C=O) groups is 1. The Morgan fingerprint density at radius 1 is 1.52 bits per heavy atom. The molecule has 126 valence electrons. The lowest BCUT2D eigenvalue weighted by molar-refractivity contribution is 0.0519. The number of piperidine rings is 1. The minimum Gasteiger partial charge on any atom is -0.461 e. The van der Waals surface area contributed by atoms with E-state index in [9.17, 15) is 4.79 Å². The number of anilines is 1. The van der Waals surface area contributed by atoms with Crippen LogP contribution in [0.25, 0.3) is 0 Å². The summed E-state index contributed by atoms with van der Waals surface area (Å²) >= 11 is 0. The Bertz CT molecular complexity index is 585. The van der Waals surface area contributed by atoms with Gasteiger partial charge in [0, 0.05) is 30.7 Å². The Morgan fingerprint density at radius 2 is 2.26 bits per heavy atom. The number of nitrogens with zero attached hydrogens (tertiary/aromatic N) is 3. The van der Waals surface area contributed by atoms with E-state index in [0.717, 1.165) is 38.2 Å². The summed E-state index contributed by atoms with van der Waals surface area (Å²) in [6.07, 6.45) is 3.47. The highest BCUT2D eigenvalue weighted by Gasteiger charge is 2.44. The number of aromatic nitrogens is 2.